The molecule has 10 heteroatoms. The summed E-state index contributed by atoms with van der Waals surface area (Å²) in [7, 11) is 0. The molecule has 7 nitrogen and oxygen atoms in total. The van der Waals surface area contributed by atoms with Crippen molar-refractivity contribution in [1.29, 1.82) is 0 Å². The average Bonchev–Trinajstić information content (AvgIpc) is 3.28. The lowest BCUT2D eigenvalue weighted by atomic mass is 10.1. The summed E-state index contributed by atoms with van der Waals surface area (Å²) in [4.78, 5) is 19.3. The molecular formula is C21H19FN4O3S2. The van der Waals surface area contributed by atoms with Gasteiger partial charge >= 0.3 is 5.91 Å². The molecule has 5 rings (SSSR count). The summed E-state index contributed by atoms with van der Waals surface area (Å²) < 4.78 is 37.4. The number of halogens is 1. The molecule has 1 fully saturated rings. The Hall–Kier alpha value is -2.69. The van der Waals surface area contributed by atoms with E-state index >= 15 is 0 Å². The second-order valence-electron chi connectivity index (χ2n) is 7.07. The fourth-order valence-electron chi connectivity index (χ4n) is 3.49. The normalized spacial score (nSPS) is 14.7. The second kappa shape index (κ2) is 8.10. The van der Waals surface area contributed by atoms with Crippen molar-refractivity contribution in [2.24, 2.45) is 0 Å². The SMILES string of the molecule is CCSc1nc2ccccn2c1[S+]([O-])NC(=O)c1cc2c(F)cc(N3CCC3)cc2o1. The van der Waals surface area contributed by atoms with Crippen LogP contribution in [0.4, 0.5) is 10.1 Å². The van der Waals surface area contributed by atoms with Gasteiger partial charge in [-0.3, -0.25) is 9.20 Å². The third kappa shape index (κ3) is 3.64. The molecular weight excluding hydrogens is 439 g/mol. The van der Waals surface area contributed by atoms with Crippen LogP contribution in [0, 0.1) is 5.82 Å². The topological polar surface area (TPSA) is 85.8 Å². The third-order valence-corrected chi connectivity index (χ3v) is 7.20. The van der Waals surface area contributed by atoms with Crippen LogP contribution in [0.15, 0.2) is 57.1 Å². The summed E-state index contributed by atoms with van der Waals surface area (Å²) in [6, 6.07) is 9.96. The maximum Gasteiger partial charge on any atom is 0.328 e. The Morgan fingerprint density at radius 1 is 1.35 bits per heavy atom. The van der Waals surface area contributed by atoms with Crippen LogP contribution in [-0.2, 0) is 11.4 Å². The first-order chi connectivity index (χ1) is 15.0. The second-order valence-corrected chi connectivity index (χ2v) is 9.46. The van der Waals surface area contributed by atoms with Crippen LogP contribution in [0.3, 0.4) is 0 Å². The molecule has 1 atom stereocenters. The number of fused-ring (bicyclic) bond motifs is 2. The van der Waals surface area contributed by atoms with E-state index in [4.69, 9.17) is 4.42 Å². The van der Waals surface area contributed by atoms with E-state index in [9.17, 15) is 13.7 Å². The molecule has 4 heterocycles. The smallest absolute Gasteiger partial charge is 0.328 e. The number of nitrogens with zero attached hydrogens (tertiary/aromatic N) is 3. The third-order valence-electron chi connectivity index (χ3n) is 5.11. The highest BCUT2D eigenvalue weighted by Crippen LogP contribution is 2.31. The maximum atomic E-state index is 14.5. The van der Waals surface area contributed by atoms with Crippen molar-refractivity contribution in [2.75, 3.05) is 23.7 Å². The van der Waals surface area contributed by atoms with Gasteiger partial charge in [0, 0.05) is 37.1 Å². The van der Waals surface area contributed by atoms with Crippen LogP contribution in [0.1, 0.15) is 23.9 Å². The van der Waals surface area contributed by atoms with E-state index in [0.29, 0.717) is 15.7 Å². The van der Waals surface area contributed by atoms with E-state index in [1.165, 1.54) is 23.9 Å². The minimum Gasteiger partial charge on any atom is -0.586 e. The number of aromatic nitrogens is 2. The number of nitrogens with one attached hydrogen (secondary N) is 1. The van der Waals surface area contributed by atoms with Crippen molar-refractivity contribution < 1.29 is 18.2 Å². The molecule has 1 unspecified atom stereocenters. The summed E-state index contributed by atoms with van der Waals surface area (Å²) in [6.45, 7) is 3.71. The van der Waals surface area contributed by atoms with E-state index in [1.54, 1.807) is 28.8 Å². The van der Waals surface area contributed by atoms with Crippen molar-refractivity contribution in [3.63, 3.8) is 0 Å². The van der Waals surface area contributed by atoms with E-state index < -0.39 is 23.1 Å². The van der Waals surface area contributed by atoms with Crippen LogP contribution in [0.2, 0.25) is 0 Å². The predicted octanol–water partition coefficient (Wildman–Crippen LogP) is 3.99. The molecule has 4 aromatic rings. The molecule has 3 aromatic heterocycles. The quantitative estimate of drug-likeness (QED) is 0.347. The van der Waals surface area contributed by atoms with E-state index in [1.807, 2.05) is 17.9 Å². The minimum absolute atomic E-state index is 0.0958. The predicted molar refractivity (Wildman–Crippen MR) is 118 cm³/mol. The molecule has 31 heavy (non-hydrogen) atoms. The molecule has 0 bridgehead atoms. The molecule has 1 saturated heterocycles. The Labute approximate surface area is 184 Å². The lowest BCUT2D eigenvalue weighted by molar-refractivity contribution is 0.0956. The van der Waals surface area contributed by atoms with Gasteiger partial charge in [0.2, 0.25) is 0 Å². The number of imidazole rings is 1. The van der Waals surface area contributed by atoms with Gasteiger partial charge < -0.3 is 13.9 Å². The van der Waals surface area contributed by atoms with Crippen LogP contribution in [0.25, 0.3) is 16.6 Å². The fraction of sp³-hybridized carbons (Fsp3) is 0.238. The number of thioether (sulfide) groups is 1. The summed E-state index contributed by atoms with van der Waals surface area (Å²) in [5.41, 5.74) is 1.66. The fourth-order valence-corrected chi connectivity index (χ4v) is 5.45. The van der Waals surface area contributed by atoms with Crippen molar-refractivity contribution in [1.82, 2.24) is 14.1 Å². The number of pyridine rings is 1. The van der Waals surface area contributed by atoms with Crippen LogP contribution in [-0.4, -0.2) is 38.7 Å². The standard InChI is InChI=1S/C21H19FN4O3S2/c1-2-30-20-21(26-9-4-3-6-18(26)23-20)31(28)24-19(27)17-12-14-15(22)10-13(11-16(14)29-17)25-7-5-8-25/h3-4,6,9-12H,2,5,7-8H2,1H3,(H,24,27). The zero-order chi connectivity index (χ0) is 21.5. The monoisotopic (exact) mass is 458 g/mol. The van der Waals surface area contributed by atoms with Gasteiger partial charge in [-0.25, -0.2) is 9.37 Å². The number of rotatable bonds is 6. The highest BCUT2D eigenvalue weighted by Gasteiger charge is 2.28. The molecule has 1 aliphatic rings. The first kappa shape index (κ1) is 20.2. The average molecular weight is 459 g/mol. The Kier molecular flexibility index (Phi) is 5.28. The molecule has 1 aliphatic heterocycles. The van der Waals surface area contributed by atoms with E-state index in [0.717, 1.165) is 31.0 Å². The van der Waals surface area contributed by atoms with Crippen LogP contribution in [0.5, 0.6) is 0 Å². The number of hydrogen-bond donors (Lipinski definition) is 1. The number of furan rings is 1. The van der Waals surface area contributed by atoms with Gasteiger partial charge in [-0.15, -0.1) is 0 Å². The lowest BCUT2D eigenvalue weighted by Crippen LogP contribution is -2.36. The Balaban J connectivity index is 1.43. The van der Waals surface area contributed by atoms with Gasteiger partial charge in [0.1, 0.15) is 28.4 Å². The van der Waals surface area contributed by atoms with Crippen molar-refractivity contribution in [3.05, 3.63) is 54.2 Å². The minimum atomic E-state index is -1.88. The van der Waals surface area contributed by atoms with Gasteiger partial charge in [-0.05, 0) is 30.4 Å². The molecule has 1 aromatic carbocycles. The highest BCUT2D eigenvalue weighted by molar-refractivity contribution is 8.00. The molecule has 1 N–H and O–H groups in total. The van der Waals surface area contributed by atoms with Gasteiger partial charge in [-0.1, -0.05) is 24.8 Å². The first-order valence-corrected chi connectivity index (χ1v) is 12.0. The Morgan fingerprint density at radius 2 is 2.19 bits per heavy atom. The molecule has 0 spiro atoms. The van der Waals surface area contributed by atoms with Gasteiger partial charge in [-0.2, -0.15) is 4.72 Å². The Bertz CT molecular complexity index is 1280. The molecule has 1 amide bonds. The largest absolute Gasteiger partial charge is 0.586 e. The maximum absolute atomic E-state index is 14.5. The van der Waals surface area contributed by atoms with Crippen molar-refractivity contribution >= 4 is 51.3 Å². The molecule has 0 radical (unpaired) electrons. The number of hydrogen-bond acceptors (Lipinski definition) is 6. The van der Waals surface area contributed by atoms with Crippen molar-refractivity contribution in [3.8, 4) is 0 Å². The molecule has 0 aliphatic carbocycles. The number of carbonyl (C=O) groups is 1. The Morgan fingerprint density at radius 3 is 2.94 bits per heavy atom. The summed E-state index contributed by atoms with van der Waals surface area (Å²) in [6.07, 6.45) is 2.81. The molecule has 0 saturated carbocycles. The number of anilines is 1. The van der Waals surface area contributed by atoms with E-state index in [-0.39, 0.29) is 16.7 Å². The van der Waals surface area contributed by atoms with Gasteiger partial charge in [0.25, 0.3) is 5.03 Å². The zero-order valence-electron chi connectivity index (χ0n) is 16.6. The van der Waals surface area contributed by atoms with Crippen molar-refractivity contribution in [2.45, 2.75) is 23.4 Å². The summed E-state index contributed by atoms with van der Waals surface area (Å²) in [5, 5.41) is 1.19. The summed E-state index contributed by atoms with van der Waals surface area (Å²) >= 11 is -0.441. The van der Waals surface area contributed by atoms with Crippen LogP contribution >= 0.6 is 11.8 Å². The van der Waals surface area contributed by atoms with E-state index in [2.05, 4.69) is 9.71 Å². The number of carbonyl (C=O) groups excluding carboxylic acids is 1. The highest BCUT2D eigenvalue weighted by atomic mass is 32.2. The summed E-state index contributed by atoms with van der Waals surface area (Å²) in [5.74, 6) is -0.490. The lowest BCUT2D eigenvalue weighted by Gasteiger charge is -2.33. The number of benzene rings is 1. The number of amides is 1. The molecule has 160 valence electrons. The van der Waals surface area contributed by atoms with Crippen LogP contribution < -0.4 is 9.62 Å². The zero-order valence-corrected chi connectivity index (χ0v) is 18.3. The first-order valence-electron chi connectivity index (χ1n) is 9.86. The van der Waals surface area contributed by atoms with Gasteiger partial charge in [0.15, 0.2) is 10.8 Å². The van der Waals surface area contributed by atoms with Gasteiger partial charge in [0.05, 0.1) is 5.39 Å².